The maximum atomic E-state index is 13.4. The van der Waals surface area contributed by atoms with Crippen molar-refractivity contribution in [3.63, 3.8) is 0 Å². The van der Waals surface area contributed by atoms with Crippen LogP contribution in [-0.4, -0.2) is 27.6 Å². The number of aryl methyl sites for hydroxylation is 1. The molecule has 1 amide bonds. The molecular weight excluding hydrogens is 382 g/mol. The van der Waals surface area contributed by atoms with Gasteiger partial charge in [-0.3, -0.25) is 9.59 Å². The lowest BCUT2D eigenvalue weighted by molar-refractivity contribution is -0.134. The molecule has 148 valence electrons. The van der Waals surface area contributed by atoms with Crippen LogP contribution in [0.3, 0.4) is 0 Å². The van der Waals surface area contributed by atoms with Crippen LogP contribution in [0.4, 0.5) is 0 Å². The van der Waals surface area contributed by atoms with Crippen molar-refractivity contribution >= 4 is 37.4 Å². The highest BCUT2D eigenvalue weighted by Gasteiger charge is 2.26. The number of aromatic nitrogens is 2. The number of benzene rings is 2. The molecule has 29 heavy (non-hydrogen) atoms. The zero-order valence-electron chi connectivity index (χ0n) is 16.8. The van der Waals surface area contributed by atoms with Crippen LogP contribution >= 0.6 is 11.3 Å². The van der Waals surface area contributed by atoms with Crippen molar-refractivity contribution in [3.8, 4) is 0 Å². The molecule has 0 saturated heterocycles. The number of carbonyl (C=O) groups is 1. The predicted molar refractivity (Wildman–Crippen MR) is 118 cm³/mol. The summed E-state index contributed by atoms with van der Waals surface area (Å²) in [6.45, 7) is 4.31. The molecule has 1 atom stereocenters. The van der Waals surface area contributed by atoms with E-state index in [1.807, 2.05) is 68.4 Å². The maximum absolute atomic E-state index is 13.4. The first-order chi connectivity index (χ1) is 14.0. The minimum atomic E-state index is -0.627. The van der Waals surface area contributed by atoms with E-state index in [4.69, 9.17) is 0 Å². The summed E-state index contributed by atoms with van der Waals surface area (Å²) in [6.07, 6.45) is 0.498. The monoisotopic (exact) mass is 405 g/mol. The van der Waals surface area contributed by atoms with Crippen molar-refractivity contribution < 1.29 is 4.79 Å². The molecule has 2 aromatic heterocycles. The summed E-state index contributed by atoms with van der Waals surface area (Å²) in [7, 11) is 1.77. The molecule has 0 bridgehead atoms. The topological polar surface area (TPSA) is 55.2 Å². The first kappa shape index (κ1) is 19.3. The summed E-state index contributed by atoms with van der Waals surface area (Å²) in [4.78, 5) is 28.3. The van der Waals surface area contributed by atoms with E-state index in [1.54, 1.807) is 23.3 Å². The smallest absolute Gasteiger partial charge is 0.276 e. The van der Waals surface area contributed by atoms with Gasteiger partial charge in [-0.2, -0.15) is 5.10 Å². The van der Waals surface area contributed by atoms with Crippen molar-refractivity contribution in [2.45, 2.75) is 32.9 Å². The van der Waals surface area contributed by atoms with E-state index < -0.39 is 6.04 Å². The molecule has 0 fully saturated rings. The lowest BCUT2D eigenvalue weighted by Gasteiger charge is -2.24. The Morgan fingerprint density at radius 3 is 2.55 bits per heavy atom. The SMILES string of the molecule is CCC(C(=O)N(C)Cc1ccccc1)n1nc(C)c2sc3ccccc3c2c1=O. The van der Waals surface area contributed by atoms with Crippen LogP contribution in [0.25, 0.3) is 20.2 Å². The molecule has 2 aromatic carbocycles. The molecule has 0 aliphatic rings. The van der Waals surface area contributed by atoms with Gasteiger partial charge < -0.3 is 4.90 Å². The number of likely N-dealkylation sites (N-methyl/N-ethyl adjacent to an activating group) is 1. The number of fused-ring (bicyclic) bond motifs is 3. The van der Waals surface area contributed by atoms with Crippen molar-refractivity contribution in [2.24, 2.45) is 0 Å². The molecule has 1 unspecified atom stereocenters. The van der Waals surface area contributed by atoms with Crippen molar-refractivity contribution in [1.82, 2.24) is 14.7 Å². The predicted octanol–water partition coefficient (Wildman–Crippen LogP) is 4.53. The van der Waals surface area contributed by atoms with Crippen LogP contribution in [0.5, 0.6) is 0 Å². The fourth-order valence-electron chi connectivity index (χ4n) is 3.73. The second kappa shape index (κ2) is 7.79. The highest BCUT2D eigenvalue weighted by Crippen LogP contribution is 2.33. The molecule has 0 aliphatic carbocycles. The summed E-state index contributed by atoms with van der Waals surface area (Å²) in [6, 6.07) is 17.1. The van der Waals surface area contributed by atoms with Crippen molar-refractivity contribution in [3.05, 3.63) is 76.2 Å². The Balaban J connectivity index is 1.77. The zero-order chi connectivity index (χ0) is 20.5. The Morgan fingerprint density at radius 2 is 1.83 bits per heavy atom. The van der Waals surface area contributed by atoms with E-state index in [9.17, 15) is 9.59 Å². The van der Waals surface area contributed by atoms with Gasteiger partial charge in [-0.15, -0.1) is 11.3 Å². The normalized spacial score (nSPS) is 12.4. The van der Waals surface area contributed by atoms with Gasteiger partial charge in [0.05, 0.1) is 15.8 Å². The van der Waals surface area contributed by atoms with Crippen molar-refractivity contribution in [1.29, 1.82) is 0 Å². The summed E-state index contributed by atoms with van der Waals surface area (Å²) < 4.78 is 3.34. The van der Waals surface area contributed by atoms with E-state index in [-0.39, 0.29) is 11.5 Å². The Morgan fingerprint density at radius 1 is 1.14 bits per heavy atom. The molecule has 6 heteroatoms. The van der Waals surface area contributed by atoms with Gasteiger partial charge in [-0.05, 0) is 25.0 Å². The second-order valence-corrected chi connectivity index (χ2v) is 8.29. The molecule has 0 radical (unpaired) electrons. The first-order valence-corrected chi connectivity index (χ1v) is 10.5. The number of nitrogens with zero attached hydrogens (tertiary/aromatic N) is 3. The number of thiophene rings is 1. The number of hydrogen-bond acceptors (Lipinski definition) is 4. The second-order valence-electron chi connectivity index (χ2n) is 7.24. The zero-order valence-corrected chi connectivity index (χ0v) is 17.6. The summed E-state index contributed by atoms with van der Waals surface area (Å²) >= 11 is 1.58. The Labute approximate surface area is 173 Å². The van der Waals surface area contributed by atoms with Crippen LogP contribution in [0, 0.1) is 6.92 Å². The maximum Gasteiger partial charge on any atom is 0.276 e. The van der Waals surface area contributed by atoms with Gasteiger partial charge in [0.15, 0.2) is 0 Å². The lowest BCUT2D eigenvalue weighted by atomic mass is 10.1. The molecule has 0 N–H and O–H groups in total. The van der Waals surface area contributed by atoms with Gasteiger partial charge in [0, 0.05) is 23.7 Å². The Hall–Kier alpha value is -2.99. The first-order valence-electron chi connectivity index (χ1n) is 9.70. The molecule has 5 nitrogen and oxygen atoms in total. The van der Waals surface area contributed by atoms with E-state index in [0.29, 0.717) is 18.4 Å². The van der Waals surface area contributed by atoms with Gasteiger partial charge >= 0.3 is 0 Å². The standard InChI is InChI=1S/C23H23N3O2S/c1-4-18(22(27)25(3)14-16-10-6-5-7-11-16)26-23(28)20-17-12-8-9-13-19(17)29-21(20)15(2)24-26/h5-13,18H,4,14H2,1-3H3. The Kier molecular flexibility index (Phi) is 5.20. The number of rotatable bonds is 5. The number of carbonyl (C=O) groups excluding carboxylic acids is 1. The van der Waals surface area contributed by atoms with Crippen LogP contribution in [0.15, 0.2) is 59.4 Å². The summed E-state index contributed by atoms with van der Waals surface area (Å²) in [5, 5.41) is 6.13. The Bertz CT molecular complexity index is 1240. The molecule has 0 aliphatic heterocycles. The molecule has 2 heterocycles. The van der Waals surface area contributed by atoms with E-state index in [1.165, 1.54) is 4.68 Å². The highest BCUT2D eigenvalue weighted by molar-refractivity contribution is 7.26. The summed E-state index contributed by atoms with van der Waals surface area (Å²) in [5.41, 5.74) is 1.63. The fourth-order valence-corrected chi connectivity index (χ4v) is 4.87. The van der Waals surface area contributed by atoms with Gasteiger partial charge in [-0.1, -0.05) is 55.5 Å². The quantitative estimate of drug-likeness (QED) is 0.490. The van der Waals surface area contributed by atoms with Gasteiger partial charge in [-0.25, -0.2) is 4.68 Å². The van der Waals surface area contributed by atoms with Crippen LogP contribution < -0.4 is 5.56 Å². The van der Waals surface area contributed by atoms with E-state index >= 15 is 0 Å². The summed E-state index contributed by atoms with van der Waals surface area (Å²) in [5.74, 6) is -0.107. The molecule has 4 rings (SSSR count). The fraction of sp³-hybridized carbons (Fsp3) is 0.261. The molecule has 0 spiro atoms. The lowest BCUT2D eigenvalue weighted by Crippen LogP contribution is -2.39. The number of hydrogen-bond donors (Lipinski definition) is 0. The van der Waals surface area contributed by atoms with Gasteiger partial charge in [0.25, 0.3) is 5.56 Å². The minimum absolute atomic E-state index is 0.107. The molecular formula is C23H23N3O2S. The minimum Gasteiger partial charge on any atom is -0.340 e. The average Bonchev–Trinajstić information content (AvgIpc) is 3.13. The molecule has 0 saturated carbocycles. The van der Waals surface area contributed by atoms with Crippen molar-refractivity contribution in [2.75, 3.05) is 7.05 Å². The molecule has 4 aromatic rings. The third kappa shape index (κ3) is 3.44. The van der Waals surface area contributed by atoms with E-state index in [0.717, 1.165) is 26.0 Å². The van der Waals surface area contributed by atoms with Crippen LogP contribution in [-0.2, 0) is 11.3 Å². The number of amides is 1. The van der Waals surface area contributed by atoms with Crippen LogP contribution in [0.1, 0.15) is 30.6 Å². The van der Waals surface area contributed by atoms with Gasteiger partial charge in [0.2, 0.25) is 5.91 Å². The van der Waals surface area contributed by atoms with Crippen LogP contribution in [0.2, 0.25) is 0 Å². The highest BCUT2D eigenvalue weighted by atomic mass is 32.1. The largest absolute Gasteiger partial charge is 0.340 e. The van der Waals surface area contributed by atoms with Gasteiger partial charge in [0.1, 0.15) is 6.04 Å². The third-order valence-corrected chi connectivity index (χ3v) is 6.49. The average molecular weight is 406 g/mol. The third-order valence-electron chi connectivity index (χ3n) is 5.21. The van der Waals surface area contributed by atoms with E-state index in [2.05, 4.69) is 5.10 Å².